The average Bonchev–Trinajstić information content (AvgIpc) is 3.02. The minimum atomic E-state index is -2.10. The maximum absolute atomic E-state index is 11.7. The summed E-state index contributed by atoms with van der Waals surface area (Å²) in [5.74, 6) is 1.10. The van der Waals surface area contributed by atoms with Gasteiger partial charge in [-0.2, -0.15) is 0 Å². The van der Waals surface area contributed by atoms with Gasteiger partial charge in [-0.3, -0.25) is 0 Å². The Labute approximate surface area is 107 Å². The van der Waals surface area contributed by atoms with Crippen LogP contribution in [0.3, 0.4) is 0 Å². The van der Waals surface area contributed by atoms with Crippen molar-refractivity contribution < 1.29 is 4.79 Å². The van der Waals surface area contributed by atoms with E-state index in [0.29, 0.717) is 0 Å². The minimum absolute atomic E-state index is 0.136. The molecule has 1 fully saturated rings. The monoisotopic (exact) mass is 340 g/mol. The van der Waals surface area contributed by atoms with Gasteiger partial charge in [0.2, 0.25) is 0 Å². The number of hydrogen-bond donors (Lipinski definition) is 1. The van der Waals surface area contributed by atoms with Gasteiger partial charge in [0.05, 0.1) is 0 Å². The van der Waals surface area contributed by atoms with E-state index in [4.69, 9.17) is 0 Å². The van der Waals surface area contributed by atoms with E-state index in [-0.39, 0.29) is 11.8 Å². The molecule has 17 heavy (non-hydrogen) atoms. The second kappa shape index (κ2) is 4.59. The molecule has 1 aromatic rings. The van der Waals surface area contributed by atoms with E-state index < -0.39 is 18.4 Å². The first-order valence-electron chi connectivity index (χ1n) is 6.16. The molecule has 1 heterocycles. The summed E-state index contributed by atoms with van der Waals surface area (Å²) in [6.07, 6.45) is 3.95. The van der Waals surface area contributed by atoms with Gasteiger partial charge in [-0.15, -0.1) is 0 Å². The van der Waals surface area contributed by atoms with Crippen molar-refractivity contribution >= 4 is 33.7 Å². The van der Waals surface area contributed by atoms with Crippen LogP contribution in [0, 0.1) is 12.8 Å². The van der Waals surface area contributed by atoms with Crippen LogP contribution in [-0.4, -0.2) is 29.3 Å². The topological polar surface area (TPSA) is 42.0 Å². The third kappa shape index (κ3) is 3.21. The number of nitrogens with zero attached hydrogens (tertiary/aromatic N) is 1. The number of hydrogen-bond acceptors (Lipinski definition) is 2. The quantitative estimate of drug-likeness (QED) is 0.859. The molecule has 1 amide bonds. The molecular formula is C13H20N2OSn. The van der Waals surface area contributed by atoms with Crippen molar-refractivity contribution in [2.24, 2.45) is 5.92 Å². The third-order valence-corrected chi connectivity index (χ3v) is 9.26. The van der Waals surface area contributed by atoms with Crippen LogP contribution in [-0.2, 0) is 4.79 Å². The summed E-state index contributed by atoms with van der Waals surface area (Å²) < 4.78 is 1.44. The molecule has 0 unspecified atom stereocenters. The molecule has 3 nitrogen and oxygen atoms in total. The summed E-state index contributed by atoms with van der Waals surface area (Å²) in [4.78, 5) is 23.1. The first-order chi connectivity index (χ1) is 7.88. The van der Waals surface area contributed by atoms with E-state index in [1.54, 1.807) is 0 Å². The van der Waals surface area contributed by atoms with Crippen LogP contribution >= 0.6 is 0 Å². The number of aromatic nitrogens is 1. The number of nitrogens with one attached hydrogen (secondary N) is 1. The number of carbonyl (C=O) groups excluding carboxylic acids is 1. The van der Waals surface area contributed by atoms with Crippen LogP contribution in [0.2, 0.25) is 14.8 Å². The van der Waals surface area contributed by atoms with Crippen molar-refractivity contribution in [3.8, 4) is 0 Å². The predicted molar refractivity (Wildman–Crippen MR) is 73.3 cm³/mol. The van der Waals surface area contributed by atoms with Crippen LogP contribution < -0.4 is 8.90 Å². The number of amides is 1. The molecule has 0 atom stereocenters. The van der Waals surface area contributed by atoms with Gasteiger partial charge in [-0.1, -0.05) is 0 Å². The fourth-order valence-electron chi connectivity index (χ4n) is 1.97. The Balaban J connectivity index is 2.21. The summed E-state index contributed by atoms with van der Waals surface area (Å²) in [6, 6.07) is 2.09. The number of rotatable bonds is 3. The summed E-state index contributed by atoms with van der Waals surface area (Å²) >= 11 is -2.10. The Bertz CT molecular complexity index is 447. The molecule has 0 saturated heterocycles. The molecule has 1 aliphatic carbocycles. The molecule has 1 saturated carbocycles. The summed E-state index contributed by atoms with van der Waals surface area (Å²) in [5, 5.41) is 2.93. The van der Waals surface area contributed by atoms with Gasteiger partial charge in [-0.05, 0) is 0 Å². The first-order valence-corrected chi connectivity index (χ1v) is 16.1. The molecule has 2 rings (SSSR count). The van der Waals surface area contributed by atoms with Crippen LogP contribution in [0.5, 0.6) is 0 Å². The van der Waals surface area contributed by atoms with E-state index in [0.717, 1.165) is 18.7 Å². The Morgan fingerprint density at radius 3 is 2.59 bits per heavy atom. The van der Waals surface area contributed by atoms with Gasteiger partial charge in [0.1, 0.15) is 0 Å². The molecule has 1 N–H and O–H groups in total. The van der Waals surface area contributed by atoms with Crippen molar-refractivity contribution in [1.29, 1.82) is 0 Å². The Morgan fingerprint density at radius 1 is 1.41 bits per heavy atom. The van der Waals surface area contributed by atoms with Gasteiger partial charge in [0.15, 0.2) is 0 Å². The number of pyridine rings is 1. The second-order valence-corrected chi connectivity index (χ2v) is 20.3. The zero-order chi connectivity index (χ0) is 12.6. The van der Waals surface area contributed by atoms with Crippen molar-refractivity contribution in [1.82, 2.24) is 4.98 Å². The summed E-state index contributed by atoms with van der Waals surface area (Å²) in [6.45, 7) is 2.11. The Kier molecular flexibility index (Phi) is 3.48. The first kappa shape index (κ1) is 12.9. The van der Waals surface area contributed by atoms with E-state index in [2.05, 4.69) is 38.1 Å². The molecule has 1 aliphatic rings. The zero-order valence-corrected chi connectivity index (χ0v) is 13.9. The Hall–Kier alpha value is -0.581. The fraction of sp³-hybridized carbons (Fsp3) is 0.538. The van der Waals surface area contributed by atoms with Crippen LogP contribution in [0.15, 0.2) is 12.3 Å². The SMILES string of the molecule is Cc1cnc(NC(=O)C2CC2)c[c]1[Sn]([CH3])([CH3])[CH3]. The summed E-state index contributed by atoms with van der Waals surface area (Å²) in [5.41, 5.74) is 1.26. The molecule has 4 heteroatoms. The van der Waals surface area contributed by atoms with Crippen molar-refractivity contribution in [3.63, 3.8) is 0 Å². The van der Waals surface area contributed by atoms with E-state index >= 15 is 0 Å². The molecule has 0 bridgehead atoms. The maximum atomic E-state index is 11.7. The Morgan fingerprint density at radius 2 is 2.06 bits per heavy atom. The van der Waals surface area contributed by atoms with Gasteiger partial charge < -0.3 is 0 Å². The zero-order valence-electron chi connectivity index (χ0n) is 11.0. The van der Waals surface area contributed by atoms with Crippen molar-refractivity contribution in [2.75, 3.05) is 5.32 Å². The van der Waals surface area contributed by atoms with Crippen LogP contribution in [0.1, 0.15) is 18.4 Å². The van der Waals surface area contributed by atoms with Crippen molar-refractivity contribution in [2.45, 2.75) is 34.6 Å². The average molecular weight is 339 g/mol. The van der Waals surface area contributed by atoms with E-state index in [1.807, 2.05) is 6.20 Å². The van der Waals surface area contributed by atoms with Gasteiger partial charge in [0.25, 0.3) is 0 Å². The summed E-state index contributed by atoms with van der Waals surface area (Å²) in [7, 11) is 0. The molecular weight excluding hydrogens is 319 g/mol. The standard InChI is InChI=1S/C10H11N2O.3CH3.Sn/c1-7-2-5-9(11-6-7)12-10(13)8-3-4-8;;;;/h5-6,8H,3-4H2,1H3,(H,11,12,13);3*1H3;. The predicted octanol–water partition coefficient (Wildman–Crippen LogP) is 2.28. The van der Waals surface area contributed by atoms with Crippen LogP contribution in [0.4, 0.5) is 5.82 Å². The van der Waals surface area contributed by atoms with Gasteiger partial charge in [-0.25, -0.2) is 0 Å². The fourth-order valence-corrected chi connectivity index (χ4v) is 7.16. The molecule has 0 aromatic carbocycles. The second-order valence-electron chi connectivity index (χ2n) is 5.90. The molecule has 0 spiro atoms. The van der Waals surface area contributed by atoms with E-state index in [9.17, 15) is 4.79 Å². The molecule has 0 radical (unpaired) electrons. The third-order valence-electron chi connectivity index (χ3n) is 3.11. The molecule has 1 aromatic heterocycles. The van der Waals surface area contributed by atoms with Gasteiger partial charge >= 0.3 is 107 Å². The van der Waals surface area contributed by atoms with E-state index in [1.165, 1.54) is 9.14 Å². The van der Waals surface area contributed by atoms with Gasteiger partial charge in [0, 0.05) is 0 Å². The molecule has 0 aliphatic heterocycles. The number of carbonyl (C=O) groups is 1. The number of aryl methyl sites for hydroxylation is 1. The van der Waals surface area contributed by atoms with Crippen LogP contribution in [0.25, 0.3) is 0 Å². The van der Waals surface area contributed by atoms with Crippen molar-refractivity contribution in [3.05, 3.63) is 17.8 Å². The normalized spacial score (nSPS) is 15.8. The number of anilines is 1. The molecule has 92 valence electrons.